The molecule has 17 heavy (non-hydrogen) atoms. The van der Waals surface area contributed by atoms with Crippen molar-refractivity contribution in [3.8, 4) is 0 Å². The maximum atomic E-state index is 5.53. The van der Waals surface area contributed by atoms with Gasteiger partial charge in [-0.25, -0.2) is 0 Å². The highest BCUT2D eigenvalue weighted by atomic mass is 16.5. The lowest BCUT2D eigenvalue weighted by molar-refractivity contribution is 0.240. The van der Waals surface area contributed by atoms with Gasteiger partial charge in [0.25, 0.3) is 0 Å². The first-order valence-corrected chi connectivity index (χ1v) is 6.84. The van der Waals surface area contributed by atoms with E-state index in [4.69, 9.17) is 4.52 Å². The summed E-state index contributed by atoms with van der Waals surface area (Å²) in [6.07, 6.45) is 5.78. The van der Waals surface area contributed by atoms with Gasteiger partial charge in [-0.1, -0.05) is 25.4 Å². The van der Waals surface area contributed by atoms with Crippen LogP contribution in [0.3, 0.4) is 0 Å². The smallest absolute Gasteiger partial charge is 0.246 e. The zero-order chi connectivity index (χ0) is 11.9. The van der Waals surface area contributed by atoms with Gasteiger partial charge in [-0.15, -0.1) is 0 Å². The molecule has 1 N–H and O–H groups in total. The molecule has 1 aliphatic carbocycles. The molecule has 2 heterocycles. The zero-order valence-corrected chi connectivity index (χ0v) is 10.7. The maximum absolute atomic E-state index is 5.53. The first-order valence-electron chi connectivity index (χ1n) is 6.84. The first kappa shape index (κ1) is 11.2. The van der Waals surface area contributed by atoms with Crippen LogP contribution in [0.15, 0.2) is 4.52 Å². The van der Waals surface area contributed by atoms with Crippen molar-refractivity contribution in [1.82, 2.24) is 15.5 Å². The van der Waals surface area contributed by atoms with Crippen LogP contribution in [0.2, 0.25) is 0 Å². The topological polar surface area (TPSA) is 51.0 Å². The Morgan fingerprint density at radius 3 is 2.94 bits per heavy atom. The molecule has 0 radical (unpaired) electrons. The molecule has 2 aliphatic rings. The van der Waals surface area contributed by atoms with Crippen LogP contribution in [0.4, 0.5) is 0 Å². The lowest BCUT2D eigenvalue weighted by Crippen LogP contribution is -2.37. The molecular formula is C13H21N3O. The van der Waals surface area contributed by atoms with Crippen molar-refractivity contribution < 1.29 is 4.52 Å². The summed E-state index contributed by atoms with van der Waals surface area (Å²) < 4.78 is 5.53. The van der Waals surface area contributed by atoms with Gasteiger partial charge in [0, 0.05) is 5.92 Å². The summed E-state index contributed by atoms with van der Waals surface area (Å²) in [6.45, 7) is 5.52. The standard InChI is InChI=1S/C13H21N3O/c1-3-5-13(6-4-7-14-13)12-15-11(16-17-12)10-8-9(10)2/h9-10,14H,3-8H2,1-2H3. The monoisotopic (exact) mass is 235 g/mol. The largest absolute Gasteiger partial charge is 0.337 e. The molecule has 3 atom stereocenters. The van der Waals surface area contributed by atoms with Crippen molar-refractivity contribution in [2.24, 2.45) is 5.92 Å². The SMILES string of the molecule is CCCC1(c2nc(C3CC3C)no2)CCCN1. The van der Waals surface area contributed by atoms with E-state index in [1.807, 2.05) is 0 Å². The lowest BCUT2D eigenvalue weighted by Gasteiger charge is -2.24. The van der Waals surface area contributed by atoms with Crippen molar-refractivity contribution in [3.05, 3.63) is 11.7 Å². The predicted octanol–water partition coefficient (Wildman–Crippen LogP) is 2.57. The number of hydrogen-bond acceptors (Lipinski definition) is 4. The van der Waals surface area contributed by atoms with Gasteiger partial charge in [0.15, 0.2) is 5.82 Å². The number of rotatable bonds is 4. The van der Waals surface area contributed by atoms with Gasteiger partial charge < -0.3 is 9.84 Å². The van der Waals surface area contributed by atoms with Gasteiger partial charge in [-0.05, 0) is 38.1 Å². The number of nitrogens with zero attached hydrogens (tertiary/aromatic N) is 2. The number of nitrogens with one attached hydrogen (secondary N) is 1. The second-order valence-corrected chi connectivity index (χ2v) is 5.64. The van der Waals surface area contributed by atoms with E-state index in [0.717, 1.165) is 43.4 Å². The van der Waals surface area contributed by atoms with Crippen molar-refractivity contribution in [2.45, 2.75) is 57.4 Å². The summed E-state index contributed by atoms with van der Waals surface area (Å²) in [6, 6.07) is 0. The third-order valence-electron chi connectivity index (χ3n) is 4.21. The molecule has 1 aromatic rings. The van der Waals surface area contributed by atoms with Gasteiger partial charge in [0.1, 0.15) is 0 Å². The molecule has 2 fully saturated rings. The molecule has 0 spiro atoms. The highest BCUT2D eigenvalue weighted by molar-refractivity contribution is 5.12. The van der Waals surface area contributed by atoms with Crippen LogP contribution < -0.4 is 5.32 Å². The average Bonchev–Trinajstić information content (AvgIpc) is 2.76. The molecule has 4 heteroatoms. The van der Waals surface area contributed by atoms with Gasteiger partial charge >= 0.3 is 0 Å². The highest BCUT2D eigenvalue weighted by Crippen LogP contribution is 2.46. The van der Waals surface area contributed by atoms with E-state index in [2.05, 4.69) is 29.3 Å². The molecule has 0 bridgehead atoms. The van der Waals surface area contributed by atoms with Crippen LogP contribution in [-0.2, 0) is 5.54 Å². The molecule has 1 saturated heterocycles. The Hall–Kier alpha value is -0.900. The minimum Gasteiger partial charge on any atom is -0.337 e. The van der Waals surface area contributed by atoms with Crippen molar-refractivity contribution >= 4 is 0 Å². The summed E-state index contributed by atoms with van der Waals surface area (Å²) in [5.74, 6) is 3.04. The van der Waals surface area contributed by atoms with E-state index in [1.165, 1.54) is 12.8 Å². The molecule has 3 unspecified atom stereocenters. The van der Waals surface area contributed by atoms with E-state index < -0.39 is 0 Å². The second-order valence-electron chi connectivity index (χ2n) is 5.64. The van der Waals surface area contributed by atoms with Gasteiger partial charge in [-0.3, -0.25) is 0 Å². The van der Waals surface area contributed by atoms with Crippen LogP contribution in [0.25, 0.3) is 0 Å². The summed E-state index contributed by atoms with van der Waals surface area (Å²) >= 11 is 0. The Morgan fingerprint density at radius 1 is 1.53 bits per heavy atom. The Labute approximate surface area is 102 Å². The molecule has 3 rings (SSSR count). The Balaban J connectivity index is 1.83. The van der Waals surface area contributed by atoms with Crippen molar-refractivity contribution in [3.63, 3.8) is 0 Å². The van der Waals surface area contributed by atoms with Crippen molar-refractivity contribution in [1.29, 1.82) is 0 Å². The zero-order valence-electron chi connectivity index (χ0n) is 10.7. The molecule has 4 nitrogen and oxygen atoms in total. The van der Waals surface area contributed by atoms with Crippen molar-refractivity contribution in [2.75, 3.05) is 6.54 Å². The molecule has 1 saturated carbocycles. The summed E-state index contributed by atoms with van der Waals surface area (Å²) in [5, 5.41) is 7.75. The first-order chi connectivity index (χ1) is 8.25. The molecule has 94 valence electrons. The van der Waals surface area contributed by atoms with Crippen LogP contribution in [0, 0.1) is 5.92 Å². The Morgan fingerprint density at radius 2 is 2.35 bits per heavy atom. The molecule has 0 amide bonds. The van der Waals surface area contributed by atoms with Gasteiger partial charge in [0.05, 0.1) is 5.54 Å². The summed E-state index contributed by atoms with van der Waals surface area (Å²) in [5.41, 5.74) is -0.0296. The summed E-state index contributed by atoms with van der Waals surface area (Å²) in [4.78, 5) is 4.66. The minimum absolute atomic E-state index is 0.0296. The third-order valence-corrected chi connectivity index (χ3v) is 4.21. The van der Waals surface area contributed by atoms with Crippen LogP contribution in [0.5, 0.6) is 0 Å². The fraction of sp³-hybridized carbons (Fsp3) is 0.846. The quantitative estimate of drug-likeness (QED) is 0.871. The van der Waals surface area contributed by atoms with Gasteiger partial charge in [0.2, 0.25) is 5.89 Å². The predicted molar refractivity (Wildman–Crippen MR) is 64.6 cm³/mol. The molecule has 1 aliphatic heterocycles. The summed E-state index contributed by atoms with van der Waals surface area (Å²) in [7, 11) is 0. The van der Waals surface area contributed by atoms with Crippen LogP contribution in [0.1, 0.15) is 63.6 Å². The minimum atomic E-state index is -0.0296. The second kappa shape index (κ2) is 4.09. The van der Waals surface area contributed by atoms with E-state index >= 15 is 0 Å². The molecule has 1 aromatic heterocycles. The van der Waals surface area contributed by atoms with Crippen LogP contribution in [-0.4, -0.2) is 16.7 Å². The highest BCUT2D eigenvalue weighted by Gasteiger charge is 2.43. The van der Waals surface area contributed by atoms with E-state index in [9.17, 15) is 0 Å². The lowest BCUT2D eigenvalue weighted by atomic mass is 9.92. The van der Waals surface area contributed by atoms with Crippen LogP contribution >= 0.6 is 0 Å². The molecular weight excluding hydrogens is 214 g/mol. The maximum Gasteiger partial charge on any atom is 0.246 e. The van der Waals surface area contributed by atoms with Gasteiger partial charge in [-0.2, -0.15) is 4.98 Å². The Bertz CT molecular complexity index is 395. The normalized spacial score (nSPS) is 36.4. The fourth-order valence-corrected chi connectivity index (χ4v) is 3.00. The number of hydrogen-bond donors (Lipinski definition) is 1. The fourth-order valence-electron chi connectivity index (χ4n) is 3.00. The van der Waals surface area contributed by atoms with E-state index in [-0.39, 0.29) is 5.54 Å². The number of aromatic nitrogens is 2. The van der Waals surface area contributed by atoms with E-state index in [0.29, 0.717) is 5.92 Å². The molecule has 0 aromatic carbocycles. The average molecular weight is 235 g/mol. The Kier molecular flexibility index (Phi) is 2.69. The third kappa shape index (κ3) is 1.88. The van der Waals surface area contributed by atoms with E-state index in [1.54, 1.807) is 0 Å².